The molecule has 0 atom stereocenters. The number of carbonyl (C=O) groups excluding carboxylic acids is 2. The maximum absolute atomic E-state index is 12.7. The van der Waals surface area contributed by atoms with Crippen molar-refractivity contribution in [2.75, 3.05) is 39.2 Å². The first kappa shape index (κ1) is 29.4. The molecule has 11 nitrogen and oxygen atoms in total. The number of rotatable bonds is 12. The maximum Gasteiger partial charge on any atom is 0.240 e. The Morgan fingerprint density at radius 3 is 2.20 bits per heavy atom. The van der Waals surface area contributed by atoms with Crippen molar-refractivity contribution in [2.45, 2.75) is 18.2 Å². The fourth-order valence-electron chi connectivity index (χ4n) is 4.29. The fourth-order valence-corrected chi connectivity index (χ4v) is 5.32. The number of amides is 1. The standard InChI is InChI=1S/C29H32N6O5S/c1-20-26(27-17-24(40-4)11-14-28(27)35(20)19-36)18-29(37)30-15-16-31-41(38,39)25-12-7-22(8-13-25)33-32-21-5-9-23(10-6-21)34(2)3/h5-14,17,19,31H,15-16,18H2,1-4H3,(H,30,37)/b33-32+. The summed E-state index contributed by atoms with van der Waals surface area (Å²) in [5.74, 6) is 0.314. The van der Waals surface area contributed by atoms with Crippen LogP contribution >= 0.6 is 0 Å². The summed E-state index contributed by atoms with van der Waals surface area (Å²) < 4.78 is 34.7. The summed E-state index contributed by atoms with van der Waals surface area (Å²) in [7, 11) is 1.66. The van der Waals surface area contributed by atoms with Gasteiger partial charge in [0.25, 0.3) is 0 Å². The molecule has 0 radical (unpaired) electrons. The summed E-state index contributed by atoms with van der Waals surface area (Å²) in [4.78, 5) is 26.3. The van der Waals surface area contributed by atoms with Gasteiger partial charge in [0.15, 0.2) is 0 Å². The molecular weight excluding hydrogens is 544 g/mol. The third-order valence-electron chi connectivity index (χ3n) is 6.56. The predicted octanol–water partition coefficient (Wildman–Crippen LogP) is 4.12. The van der Waals surface area contributed by atoms with Gasteiger partial charge in [-0.3, -0.25) is 14.2 Å². The fraction of sp³-hybridized carbons (Fsp3) is 0.241. The second-order valence-electron chi connectivity index (χ2n) is 9.45. The normalized spacial score (nSPS) is 11.6. The molecule has 1 heterocycles. The first-order valence-electron chi connectivity index (χ1n) is 12.8. The van der Waals surface area contributed by atoms with Crippen molar-refractivity contribution in [3.8, 4) is 5.75 Å². The third kappa shape index (κ3) is 6.97. The number of methoxy groups -OCH3 is 1. The van der Waals surface area contributed by atoms with Crippen LogP contribution in [0.2, 0.25) is 0 Å². The van der Waals surface area contributed by atoms with Crippen LogP contribution in [0.5, 0.6) is 5.75 Å². The lowest BCUT2D eigenvalue weighted by atomic mass is 10.1. The van der Waals surface area contributed by atoms with Gasteiger partial charge in [-0.2, -0.15) is 10.2 Å². The zero-order valence-electron chi connectivity index (χ0n) is 23.3. The van der Waals surface area contributed by atoms with Gasteiger partial charge in [0.1, 0.15) is 5.75 Å². The Labute approximate surface area is 238 Å². The molecule has 214 valence electrons. The van der Waals surface area contributed by atoms with E-state index in [-0.39, 0.29) is 30.3 Å². The number of carbonyl (C=O) groups is 2. The van der Waals surface area contributed by atoms with Crippen LogP contribution in [0.1, 0.15) is 11.3 Å². The minimum Gasteiger partial charge on any atom is -0.497 e. The molecule has 0 fully saturated rings. The van der Waals surface area contributed by atoms with Gasteiger partial charge >= 0.3 is 0 Å². The van der Waals surface area contributed by atoms with E-state index in [0.717, 1.165) is 11.1 Å². The third-order valence-corrected chi connectivity index (χ3v) is 8.04. The number of anilines is 1. The molecule has 2 N–H and O–H groups in total. The van der Waals surface area contributed by atoms with Crippen molar-refractivity contribution in [1.29, 1.82) is 0 Å². The molecule has 3 aromatic carbocycles. The Balaban J connectivity index is 1.31. The molecule has 1 aromatic heterocycles. The Morgan fingerprint density at radius 1 is 0.976 bits per heavy atom. The van der Waals surface area contributed by atoms with E-state index in [1.54, 1.807) is 44.4 Å². The van der Waals surface area contributed by atoms with Crippen LogP contribution < -0.4 is 19.7 Å². The Hall–Kier alpha value is -4.55. The first-order chi connectivity index (χ1) is 19.6. The molecule has 1 amide bonds. The van der Waals surface area contributed by atoms with Crippen LogP contribution in [-0.2, 0) is 26.0 Å². The van der Waals surface area contributed by atoms with Gasteiger partial charge in [-0.25, -0.2) is 13.1 Å². The van der Waals surface area contributed by atoms with Crippen LogP contribution in [0, 0.1) is 6.92 Å². The number of benzene rings is 3. The van der Waals surface area contributed by atoms with Crippen LogP contribution in [0.15, 0.2) is 81.9 Å². The van der Waals surface area contributed by atoms with Crippen molar-refractivity contribution >= 4 is 50.3 Å². The summed E-state index contributed by atoms with van der Waals surface area (Å²) in [5.41, 5.74) is 4.28. The lowest BCUT2D eigenvalue weighted by molar-refractivity contribution is -0.120. The number of azo groups is 1. The number of ether oxygens (including phenoxy) is 1. The average Bonchev–Trinajstić information content (AvgIpc) is 3.23. The van der Waals surface area contributed by atoms with Crippen LogP contribution in [0.4, 0.5) is 17.1 Å². The molecule has 12 heteroatoms. The molecule has 4 aromatic rings. The number of sulfonamides is 1. The minimum atomic E-state index is -3.79. The van der Waals surface area contributed by atoms with Gasteiger partial charge in [0.05, 0.1) is 35.3 Å². The molecule has 4 rings (SSSR count). The van der Waals surface area contributed by atoms with E-state index < -0.39 is 10.0 Å². The second kappa shape index (κ2) is 12.7. The number of hydrogen-bond acceptors (Lipinski definition) is 8. The topological polar surface area (TPSA) is 134 Å². The summed E-state index contributed by atoms with van der Waals surface area (Å²) in [6.45, 7) is 1.86. The van der Waals surface area contributed by atoms with Gasteiger partial charge in [-0.05, 0) is 79.2 Å². The van der Waals surface area contributed by atoms with Crippen molar-refractivity contribution in [3.63, 3.8) is 0 Å². The summed E-state index contributed by atoms with van der Waals surface area (Å²) >= 11 is 0. The molecule has 41 heavy (non-hydrogen) atoms. The van der Waals surface area contributed by atoms with E-state index in [1.807, 2.05) is 43.3 Å². The Bertz CT molecular complexity index is 1680. The number of nitrogens with one attached hydrogen (secondary N) is 2. The predicted molar refractivity (Wildman–Crippen MR) is 159 cm³/mol. The van der Waals surface area contributed by atoms with Crippen molar-refractivity contribution in [1.82, 2.24) is 14.6 Å². The highest BCUT2D eigenvalue weighted by molar-refractivity contribution is 7.89. The van der Waals surface area contributed by atoms with Gasteiger partial charge in [0.2, 0.25) is 22.3 Å². The molecule has 0 aliphatic heterocycles. The Morgan fingerprint density at radius 2 is 1.61 bits per heavy atom. The summed E-state index contributed by atoms with van der Waals surface area (Å²) in [6.07, 6.45) is 0.735. The van der Waals surface area contributed by atoms with E-state index >= 15 is 0 Å². The lowest BCUT2D eigenvalue weighted by Crippen LogP contribution is -2.35. The SMILES string of the molecule is COc1ccc2c(c1)c(CC(=O)NCCNS(=O)(=O)c1ccc(/N=N/c3ccc(N(C)C)cc3)cc1)c(C)n2C=O. The van der Waals surface area contributed by atoms with Gasteiger partial charge < -0.3 is 15.0 Å². The smallest absolute Gasteiger partial charge is 0.240 e. The minimum absolute atomic E-state index is 0.00137. The summed E-state index contributed by atoms with van der Waals surface area (Å²) in [6, 6.07) is 18.9. The van der Waals surface area contributed by atoms with E-state index in [0.29, 0.717) is 40.3 Å². The quantitative estimate of drug-likeness (QED) is 0.148. The summed E-state index contributed by atoms with van der Waals surface area (Å²) in [5, 5.41) is 11.8. The van der Waals surface area contributed by atoms with Crippen LogP contribution in [0.25, 0.3) is 10.9 Å². The monoisotopic (exact) mass is 576 g/mol. The van der Waals surface area contributed by atoms with E-state index in [1.165, 1.54) is 16.7 Å². The first-order valence-corrected chi connectivity index (χ1v) is 14.3. The van der Waals surface area contributed by atoms with E-state index in [9.17, 15) is 18.0 Å². The van der Waals surface area contributed by atoms with Crippen LogP contribution in [0.3, 0.4) is 0 Å². The number of hydrogen-bond donors (Lipinski definition) is 2. The number of nitrogens with zero attached hydrogens (tertiary/aromatic N) is 4. The number of fused-ring (bicyclic) bond motifs is 1. The van der Waals surface area contributed by atoms with Crippen molar-refractivity contribution < 1.29 is 22.7 Å². The van der Waals surface area contributed by atoms with Gasteiger partial charge in [0, 0.05) is 44.0 Å². The van der Waals surface area contributed by atoms with Gasteiger partial charge in [-0.1, -0.05) is 0 Å². The maximum atomic E-state index is 12.7. The molecule has 0 aliphatic rings. The molecular formula is C29H32N6O5S. The largest absolute Gasteiger partial charge is 0.497 e. The van der Waals surface area contributed by atoms with Crippen molar-refractivity contribution in [3.05, 3.63) is 78.0 Å². The number of aromatic nitrogens is 1. The van der Waals surface area contributed by atoms with E-state index in [4.69, 9.17) is 4.74 Å². The van der Waals surface area contributed by atoms with Gasteiger partial charge in [-0.15, -0.1) is 0 Å². The molecule has 0 saturated carbocycles. The molecule has 0 aliphatic carbocycles. The molecule has 0 bridgehead atoms. The zero-order valence-corrected chi connectivity index (χ0v) is 24.1. The highest BCUT2D eigenvalue weighted by atomic mass is 32.2. The zero-order chi connectivity index (χ0) is 29.6. The van der Waals surface area contributed by atoms with Crippen molar-refractivity contribution in [2.24, 2.45) is 10.2 Å². The molecule has 0 saturated heterocycles. The second-order valence-corrected chi connectivity index (χ2v) is 11.2. The lowest BCUT2D eigenvalue weighted by Gasteiger charge is -2.11. The van der Waals surface area contributed by atoms with Crippen LogP contribution in [-0.4, -0.2) is 59.6 Å². The van der Waals surface area contributed by atoms with E-state index in [2.05, 4.69) is 20.3 Å². The molecule has 0 unspecified atom stereocenters. The highest BCUT2D eigenvalue weighted by Crippen LogP contribution is 2.29. The molecule has 0 spiro atoms. The average molecular weight is 577 g/mol. The Kier molecular flexibility index (Phi) is 9.15. The highest BCUT2D eigenvalue weighted by Gasteiger charge is 2.18.